The van der Waals surface area contributed by atoms with Gasteiger partial charge in [0.2, 0.25) is 0 Å². The van der Waals surface area contributed by atoms with Gasteiger partial charge in [-0.1, -0.05) is 6.07 Å². The normalized spacial score (nSPS) is 15.6. The molecular formula is C23H22F4N4O3. The van der Waals surface area contributed by atoms with Crippen molar-refractivity contribution >= 4 is 17.3 Å². The summed E-state index contributed by atoms with van der Waals surface area (Å²) in [6.07, 6.45) is -2.21. The smallest absolute Gasteiger partial charge is 0.418 e. The Balaban J connectivity index is 1.96. The van der Waals surface area contributed by atoms with Crippen LogP contribution in [0.15, 0.2) is 36.7 Å². The summed E-state index contributed by atoms with van der Waals surface area (Å²) in [5.74, 6) is -1.50. The van der Waals surface area contributed by atoms with E-state index in [0.29, 0.717) is 25.3 Å². The molecule has 180 valence electrons. The number of halogens is 4. The summed E-state index contributed by atoms with van der Waals surface area (Å²) in [7, 11) is 2.81. The molecule has 1 aliphatic rings. The number of aromatic amines is 1. The van der Waals surface area contributed by atoms with Gasteiger partial charge >= 0.3 is 6.18 Å². The van der Waals surface area contributed by atoms with Gasteiger partial charge in [0.25, 0.3) is 5.91 Å². The topological polar surface area (TPSA) is 88.3 Å². The molecule has 0 aliphatic carbocycles. The van der Waals surface area contributed by atoms with E-state index >= 15 is 0 Å². The maximum atomic E-state index is 14.3. The summed E-state index contributed by atoms with van der Waals surface area (Å²) < 4.78 is 66.1. The first kappa shape index (κ1) is 23.6. The molecule has 0 bridgehead atoms. The van der Waals surface area contributed by atoms with Crippen LogP contribution >= 0.6 is 0 Å². The van der Waals surface area contributed by atoms with Gasteiger partial charge in [-0.25, -0.2) is 4.39 Å². The molecule has 2 aromatic heterocycles. The lowest BCUT2D eigenvalue weighted by Gasteiger charge is -2.23. The highest BCUT2D eigenvalue weighted by Crippen LogP contribution is 2.45. The van der Waals surface area contributed by atoms with Crippen molar-refractivity contribution in [2.45, 2.75) is 18.5 Å². The summed E-state index contributed by atoms with van der Waals surface area (Å²) in [4.78, 5) is 19.6. The fraction of sp³-hybridized carbons (Fsp3) is 0.304. The molecule has 1 aromatic carbocycles. The van der Waals surface area contributed by atoms with Gasteiger partial charge < -0.3 is 25.1 Å². The number of methoxy groups -OCH3 is 2. The zero-order valence-corrected chi connectivity index (χ0v) is 18.3. The molecule has 1 amide bonds. The third-order valence-corrected chi connectivity index (χ3v) is 5.67. The second kappa shape index (κ2) is 9.34. The van der Waals surface area contributed by atoms with Gasteiger partial charge in [-0.05, 0) is 24.6 Å². The monoisotopic (exact) mass is 478 g/mol. The van der Waals surface area contributed by atoms with Gasteiger partial charge in [0.15, 0.2) is 11.6 Å². The van der Waals surface area contributed by atoms with Crippen LogP contribution in [0.4, 0.5) is 28.9 Å². The van der Waals surface area contributed by atoms with Crippen molar-refractivity contribution in [3.8, 4) is 17.0 Å². The number of carbonyl (C=O) groups is 1. The van der Waals surface area contributed by atoms with E-state index in [4.69, 9.17) is 9.47 Å². The highest BCUT2D eigenvalue weighted by atomic mass is 19.4. The molecule has 0 radical (unpaired) electrons. The van der Waals surface area contributed by atoms with Crippen LogP contribution in [0.2, 0.25) is 0 Å². The Labute approximate surface area is 192 Å². The van der Waals surface area contributed by atoms with E-state index in [2.05, 4.69) is 20.6 Å². The number of H-pyrrole nitrogens is 1. The Morgan fingerprint density at radius 3 is 2.74 bits per heavy atom. The second-order valence-corrected chi connectivity index (χ2v) is 7.72. The number of alkyl halides is 3. The molecule has 4 rings (SSSR count). The van der Waals surface area contributed by atoms with Crippen molar-refractivity contribution < 1.29 is 31.8 Å². The van der Waals surface area contributed by atoms with E-state index in [9.17, 15) is 22.4 Å². The van der Waals surface area contributed by atoms with Crippen molar-refractivity contribution in [3.63, 3.8) is 0 Å². The van der Waals surface area contributed by atoms with Crippen molar-refractivity contribution in [1.29, 1.82) is 0 Å². The molecule has 3 aromatic rings. The molecule has 34 heavy (non-hydrogen) atoms. The van der Waals surface area contributed by atoms with Gasteiger partial charge in [0, 0.05) is 49.8 Å². The number of nitrogens with one attached hydrogen (secondary N) is 3. The van der Waals surface area contributed by atoms with Crippen molar-refractivity contribution in [3.05, 3.63) is 59.3 Å². The number of nitrogens with zero attached hydrogens (tertiary/aromatic N) is 1. The number of aromatic nitrogens is 2. The molecule has 0 spiro atoms. The Bertz CT molecular complexity index is 1210. The molecular weight excluding hydrogens is 456 g/mol. The zero-order chi connectivity index (χ0) is 24.5. The van der Waals surface area contributed by atoms with Gasteiger partial charge in [-0.15, -0.1) is 0 Å². The summed E-state index contributed by atoms with van der Waals surface area (Å²) >= 11 is 0. The highest BCUT2D eigenvalue weighted by Gasteiger charge is 2.38. The number of hydrogen-bond acceptors (Lipinski definition) is 5. The number of carbonyl (C=O) groups excluding carboxylic acids is 1. The van der Waals surface area contributed by atoms with Crippen molar-refractivity contribution in [2.75, 3.05) is 32.7 Å². The van der Waals surface area contributed by atoms with E-state index in [-0.39, 0.29) is 39.9 Å². The highest BCUT2D eigenvalue weighted by molar-refractivity contribution is 6.06. The molecule has 1 aliphatic heterocycles. The van der Waals surface area contributed by atoms with E-state index < -0.39 is 23.5 Å². The number of rotatable bonds is 7. The number of amides is 1. The van der Waals surface area contributed by atoms with Gasteiger partial charge in [-0.2, -0.15) is 13.2 Å². The van der Waals surface area contributed by atoms with Crippen LogP contribution in [0.5, 0.6) is 5.75 Å². The largest absolute Gasteiger partial charge is 0.492 e. The Morgan fingerprint density at radius 2 is 2.03 bits per heavy atom. The van der Waals surface area contributed by atoms with Gasteiger partial charge in [-0.3, -0.25) is 9.78 Å². The number of anilines is 2. The maximum Gasteiger partial charge on any atom is 0.418 e. The van der Waals surface area contributed by atoms with Crippen LogP contribution in [0.1, 0.15) is 34.0 Å². The minimum absolute atomic E-state index is 0.0329. The predicted molar refractivity (Wildman–Crippen MR) is 117 cm³/mol. The molecule has 0 saturated carbocycles. The van der Waals surface area contributed by atoms with Gasteiger partial charge in [0.05, 0.1) is 35.3 Å². The number of fused-ring (bicyclic) bond motifs is 1. The molecule has 7 nitrogen and oxygen atoms in total. The van der Waals surface area contributed by atoms with Crippen LogP contribution in [0.25, 0.3) is 11.3 Å². The number of benzene rings is 1. The standard InChI is InChI=1S/C23H22F4N4O3/c1-33-9-7-12-10-29-22(32)17-18(12)31-19(13-6-8-28-11-14(13)23(25,26)27)20(17)30-16-5-3-4-15(24)21(16)34-2/h3-6,8,11-12,30-31H,7,9-10H2,1-2H3,(H,29,32)/t12-/m1/s1. The fourth-order valence-electron chi connectivity index (χ4n) is 4.09. The molecule has 0 fully saturated rings. The van der Waals surface area contributed by atoms with E-state index in [1.165, 1.54) is 44.7 Å². The fourth-order valence-corrected chi connectivity index (χ4v) is 4.09. The first-order chi connectivity index (χ1) is 16.3. The van der Waals surface area contributed by atoms with E-state index in [1.807, 2.05) is 0 Å². The lowest BCUT2D eigenvalue weighted by molar-refractivity contribution is -0.137. The van der Waals surface area contributed by atoms with Crippen LogP contribution in [0, 0.1) is 5.82 Å². The van der Waals surface area contributed by atoms with Crippen LogP contribution in [0.3, 0.4) is 0 Å². The van der Waals surface area contributed by atoms with Crippen LogP contribution < -0.4 is 15.4 Å². The minimum Gasteiger partial charge on any atom is -0.492 e. The average Bonchev–Trinajstić information content (AvgIpc) is 3.18. The lowest BCUT2D eigenvalue weighted by Crippen LogP contribution is -2.35. The number of pyridine rings is 1. The molecule has 11 heteroatoms. The number of para-hydroxylation sites is 1. The summed E-state index contributed by atoms with van der Waals surface area (Å²) in [5, 5.41) is 5.73. The average molecular weight is 478 g/mol. The van der Waals surface area contributed by atoms with Crippen LogP contribution in [-0.4, -0.2) is 43.2 Å². The summed E-state index contributed by atoms with van der Waals surface area (Å²) in [6, 6.07) is 5.34. The van der Waals surface area contributed by atoms with Crippen molar-refractivity contribution in [1.82, 2.24) is 15.3 Å². The SMILES string of the molecule is COCC[C@@H]1CNC(=O)c2c1[nH]c(-c1ccncc1C(F)(F)F)c2Nc1cccc(F)c1OC. The van der Waals surface area contributed by atoms with Crippen LogP contribution in [-0.2, 0) is 10.9 Å². The summed E-state index contributed by atoms with van der Waals surface area (Å²) in [5.41, 5.74) is -0.289. The van der Waals surface area contributed by atoms with Crippen molar-refractivity contribution in [2.24, 2.45) is 0 Å². The van der Waals surface area contributed by atoms with E-state index in [0.717, 1.165) is 6.20 Å². The lowest BCUT2D eigenvalue weighted by atomic mass is 9.93. The molecule has 3 N–H and O–H groups in total. The first-order valence-electron chi connectivity index (χ1n) is 10.4. The number of hydrogen-bond donors (Lipinski definition) is 3. The third-order valence-electron chi connectivity index (χ3n) is 5.67. The first-order valence-corrected chi connectivity index (χ1v) is 10.4. The van der Waals surface area contributed by atoms with Gasteiger partial charge in [0.1, 0.15) is 0 Å². The third kappa shape index (κ3) is 4.30. The molecule has 3 heterocycles. The molecule has 0 unspecified atom stereocenters. The number of ether oxygens (including phenoxy) is 2. The second-order valence-electron chi connectivity index (χ2n) is 7.72. The Hall–Kier alpha value is -3.60. The Kier molecular flexibility index (Phi) is 6.47. The van der Waals surface area contributed by atoms with E-state index in [1.54, 1.807) is 0 Å². The molecule has 0 saturated heterocycles. The summed E-state index contributed by atoms with van der Waals surface area (Å²) in [6.45, 7) is 0.679. The minimum atomic E-state index is -4.69. The Morgan fingerprint density at radius 1 is 1.24 bits per heavy atom. The quantitative estimate of drug-likeness (QED) is 0.423. The maximum absolute atomic E-state index is 14.3. The molecule has 1 atom stereocenters. The zero-order valence-electron chi connectivity index (χ0n) is 18.3. The predicted octanol–water partition coefficient (Wildman–Crippen LogP) is 4.85.